The maximum Gasteiger partial charge on any atom is 0.366 e. The molecule has 0 aromatic heterocycles. The lowest BCUT2D eigenvalue weighted by Gasteiger charge is -2.21. The predicted octanol–water partition coefficient (Wildman–Crippen LogP) is 1.42. The smallest absolute Gasteiger partial charge is 0.366 e. The van der Waals surface area contributed by atoms with E-state index in [-0.39, 0.29) is 6.04 Å². The molecule has 0 bridgehead atoms. The van der Waals surface area contributed by atoms with Crippen LogP contribution >= 0.6 is 0 Å². The molecule has 0 fully saturated rings. The zero-order chi connectivity index (χ0) is 19.2. The van der Waals surface area contributed by atoms with Crippen molar-refractivity contribution in [3.63, 3.8) is 0 Å². The van der Waals surface area contributed by atoms with E-state index in [0.29, 0.717) is 12.5 Å². The molecule has 27 heavy (non-hydrogen) atoms. The number of hydrogen-bond acceptors (Lipinski definition) is 4. The van der Waals surface area contributed by atoms with E-state index in [1.807, 2.05) is 43.3 Å². The van der Waals surface area contributed by atoms with Crippen molar-refractivity contribution in [2.24, 2.45) is 5.73 Å². The zero-order valence-electron chi connectivity index (χ0n) is 15.8. The van der Waals surface area contributed by atoms with Crippen molar-refractivity contribution in [2.45, 2.75) is 32.2 Å². The second-order valence-corrected chi connectivity index (χ2v) is 7.11. The third kappa shape index (κ3) is 4.66. The quantitative estimate of drug-likeness (QED) is 0.442. The predicted molar refractivity (Wildman–Crippen MR) is 107 cm³/mol. The minimum atomic E-state index is 0.0931. The van der Waals surface area contributed by atoms with E-state index in [0.717, 1.165) is 54.7 Å². The molecule has 2 aromatic carbocycles. The van der Waals surface area contributed by atoms with Crippen molar-refractivity contribution in [2.75, 3.05) is 24.6 Å². The van der Waals surface area contributed by atoms with Crippen LogP contribution in [0.5, 0.6) is 0 Å². The van der Waals surface area contributed by atoms with Crippen LogP contribution < -0.4 is 16.0 Å². The molecule has 0 radical (unpaired) electrons. The van der Waals surface area contributed by atoms with Gasteiger partial charge >= 0.3 is 5.90 Å². The van der Waals surface area contributed by atoms with Gasteiger partial charge < -0.3 is 15.4 Å². The van der Waals surface area contributed by atoms with Crippen LogP contribution in [-0.4, -0.2) is 31.6 Å². The molecule has 1 aliphatic heterocycles. The summed E-state index contributed by atoms with van der Waals surface area (Å²) in [7, 11) is 0. The van der Waals surface area contributed by atoms with Crippen LogP contribution in [-0.2, 0) is 17.6 Å². The maximum atomic E-state index is 9.60. The van der Waals surface area contributed by atoms with Crippen molar-refractivity contribution >= 4 is 11.6 Å². The molecule has 0 amide bonds. The summed E-state index contributed by atoms with van der Waals surface area (Å²) in [6.45, 7) is 4.32. The van der Waals surface area contributed by atoms with Crippen molar-refractivity contribution in [1.82, 2.24) is 0 Å². The summed E-state index contributed by atoms with van der Waals surface area (Å²) in [5.74, 6) is 0.454. The monoisotopic (exact) mass is 363 g/mol. The van der Waals surface area contributed by atoms with Crippen molar-refractivity contribution < 1.29 is 10.1 Å². The Hall–Kier alpha value is -2.84. The molecule has 4 N–H and O–H groups in total. The molecule has 0 spiro atoms. The average molecular weight is 363 g/mol. The first-order valence-corrected chi connectivity index (χ1v) is 9.45. The summed E-state index contributed by atoms with van der Waals surface area (Å²) in [4.78, 5) is 2.28. The van der Waals surface area contributed by atoms with E-state index in [1.54, 1.807) is 0 Å². The summed E-state index contributed by atoms with van der Waals surface area (Å²) in [6.07, 6.45) is 2.61. The number of anilines is 1. The van der Waals surface area contributed by atoms with E-state index in [2.05, 4.69) is 17.0 Å². The number of nitrogens with two attached hydrogens (primary N) is 2. The summed E-state index contributed by atoms with van der Waals surface area (Å²) in [6, 6.07) is 16.4. The van der Waals surface area contributed by atoms with Gasteiger partial charge in [0.2, 0.25) is 0 Å². The molecule has 3 rings (SSSR count). The molecule has 5 nitrogen and oxygen atoms in total. The standard InChI is InChI=1S/C22H26N4O/c1-16(24)12-17-13-19-8-10-26(21(19)20(14-17)15-23)9-5-11-27-22(25)18-6-3-2-4-7-18/h2-4,6-7,13-14,16,25H,5,8-12,24H2,1H3/p+1/t16-/m1/s1. The molecule has 140 valence electrons. The first-order chi connectivity index (χ1) is 13.1. The van der Waals surface area contributed by atoms with Gasteiger partial charge in [0.15, 0.2) is 0 Å². The SMILES string of the molecule is C[C@@H](N)Cc1cc(C#N)c2c(c1)CCN2CCCOC(=[NH2+])c1ccccc1. The molecule has 0 aliphatic carbocycles. The lowest BCUT2D eigenvalue weighted by Crippen LogP contribution is -2.42. The van der Waals surface area contributed by atoms with Gasteiger partial charge in [0.05, 0.1) is 23.4 Å². The lowest BCUT2D eigenvalue weighted by atomic mass is 9.99. The number of ether oxygens (including phenoxy) is 1. The van der Waals surface area contributed by atoms with Crippen LogP contribution in [0, 0.1) is 11.3 Å². The van der Waals surface area contributed by atoms with E-state index in [1.165, 1.54) is 5.56 Å². The van der Waals surface area contributed by atoms with E-state index in [4.69, 9.17) is 15.9 Å². The normalized spacial score (nSPS) is 13.7. The minimum absolute atomic E-state index is 0.0931. The molecule has 0 unspecified atom stereocenters. The molecular weight excluding hydrogens is 336 g/mol. The third-order valence-corrected chi connectivity index (χ3v) is 4.78. The second-order valence-electron chi connectivity index (χ2n) is 7.11. The maximum absolute atomic E-state index is 9.60. The highest BCUT2D eigenvalue weighted by Crippen LogP contribution is 2.33. The number of benzene rings is 2. The Morgan fingerprint density at radius 1 is 1.33 bits per heavy atom. The van der Waals surface area contributed by atoms with Gasteiger partial charge in [-0.2, -0.15) is 5.26 Å². The molecule has 2 aromatic rings. The van der Waals surface area contributed by atoms with Crippen LogP contribution in [0.2, 0.25) is 0 Å². The van der Waals surface area contributed by atoms with E-state index >= 15 is 0 Å². The van der Waals surface area contributed by atoms with Gasteiger partial charge in [-0.15, -0.1) is 0 Å². The molecule has 5 heteroatoms. The number of hydrogen-bond donors (Lipinski definition) is 2. The molecule has 1 aliphatic rings. The number of nitriles is 1. The van der Waals surface area contributed by atoms with E-state index < -0.39 is 0 Å². The van der Waals surface area contributed by atoms with E-state index in [9.17, 15) is 5.26 Å². The van der Waals surface area contributed by atoms with Gasteiger partial charge in [-0.1, -0.05) is 24.3 Å². The van der Waals surface area contributed by atoms with Crippen LogP contribution in [0.4, 0.5) is 5.69 Å². The number of fused-ring (bicyclic) bond motifs is 1. The topological polar surface area (TPSA) is 87.9 Å². The molecular formula is C22H27N4O+. The Labute approximate surface area is 160 Å². The highest BCUT2D eigenvalue weighted by molar-refractivity contribution is 5.89. The summed E-state index contributed by atoms with van der Waals surface area (Å²) < 4.78 is 5.68. The van der Waals surface area contributed by atoms with Crippen LogP contribution in [0.25, 0.3) is 0 Å². The zero-order valence-corrected chi connectivity index (χ0v) is 15.8. The first kappa shape index (κ1) is 18.9. The van der Waals surface area contributed by atoms with Crippen LogP contribution in [0.1, 0.15) is 35.6 Å². The van der Waals surface area contributed by atoms with Crippen molar-refractivity contribution in [1.29, 1.82) is 5.26 Å². The Balaban J connectivity index is 1.58. The lowest BCUT2D eigenvalue weighted by molar-refractivity contribution is -0.138. The Morgan fingerprint density at radius 2 is 2.11 bits per heavy atom. The Kier molecular flexibility index (Phi) is 6.10. The van der Waals surface area contributed by atoms with Crippen molar-refractivity contribution in [3.05, 3.63) is 64.7 Å². The van der Waals surface area contributed by atoms with Crippen LogP contribution in [0.15, 0.2) is 42.5 Å². The summed E-state index contributed by atoms with van der Waals surface area (Å²) >= 11 is 0. The Morgan fingerprint density at radius 3 is 2.81 bits per heavy atom. The first-order valence-electron chi connectivity index (χ1n) is 9.45. The number of rotatable bonds is 7. The van der Waals surface area contributed by atoms with Gasteiger partial charge in [0.25, 0.3) is 0 Å². The fourth-order valence-electron chi connectivity index (χ4n) is 3.61. The van der Waals surface area contributed by atoms with Crippen molar-refractivity contribution in [3.8, 4) is 6.07 Å². The van der Waals surface area contributed by atoms with Gasteiger partial charge in [-0.25, -0.2) is 5.41 Å². The average Bonchev–Trinajstić information content (AvgIpc) is 3.07. The highest BCUT2D eigenvalue weighted by atomic mass is 16.5. The third-order valence-electron chi connectivity index (χ3n) is 4.78. The highest BCUT2D eigenvalue weighted by Gasteiger charge is 2.23. The minimum Gasteiger partial charge on any atom is -0.444 e. The Bertz CT molecular complexity index is 839. The molecule has 0 saturated heterocycles. The second kappa shape index (κ2) is 8.70. The van der Waals surface area contributed by atoms with Gasteiger partial charge in [0, 0.05) is 19.1 Å². The van der Waals surface area contributed by atoms with Gasteiger partial charge in [0.1, 0.15) is 6.07 Å². The molecule has 0 saturated carbocycles. The molecule has 1 heterocycles. The fraction of sp³-hybridized carbons (Fsp3) is 0.364. The fourth-order valence-corrected chi connectivity index (χ4v) is 3.61. The number of nitrogens with zero attached hydrogens (tertiary/aromatic N) is 2. The van der Waals surface area contributed by atoms with Crippen LogP contribution in [0.3, 0.4) is 0 Å². The van der Waals surface area contributed by atoms with Gasteiger partial charge in [-0.3, -0.25) is 0 Å². The summed E-state index contributed by atoms with van der Waals surface area (Å²) in [5, 5.41) is 15.6. The molecule has 1 atom stereocenters. The van der Waals surface area contributed by atoms with Gasteiger partial charge in [-0.05, 0) is 55.5 Å². The largest absolute Gasteiger partial charge is 0.444 e. The summed E-state index contributed by atoms with van der Waals surface area (Å²) in [5.41, 5.74) is 11.0.